The highest BCUT2D eigenvalue weighted by Gasteiger charge is 2.36. The van der Waals surface area contributed by atoms with Gasteiger partial charge in [-0.25, -0.2) is 0 Å². The molecule has 0 aliphatic carbocycles. The Morgan fingerprint density at radius 1 is 1.11 bits per heavy atom. The van der Waals surface area contributed by atoms with Crippen molar-refractivity contribution < 1.29 is 9.53 Å². The van der Waals surface area contributed by atoms with E-state index in [9.17, 15) is 4.79 Å². The maximum Gasteiger partial charge on any atom is 0.240 e. The van der Waals surface area contributed by atoms with Crippen LogP contribution in [0.5, 0.6) is 5.75 Å². The number of fused-ring (bicyclic) bond motifs is 1. The monoisotopic (exact) mass is 457 g/mol. The number of methoxy groups -OCH3 is 1. The molecule has 1 aromatic heterocycles. The molecule has 28 heavy (non-hydrogen) atoms. The number of carbonyl (C=O) groups is 1. The molecule has 2 atom stereocenters. The lowest BCUT2D eigenvalue weighted by molar-refractivity contribution is -0.116. The zero-order chi connectivity index (χ0) is 19.7. The quantitative estimate of drug-likeness (QED) is 0.580. The molecule has 0 saturated carbocycles. The number of thioether (sulfide) groups is 1. The molecule has 0 saturated heterocycles. The summed E-state index contributed by atoms with van der Waals surface area (Å²) in [7, 11) is 1.65. The van der Waals surface area contributed by atoms with Gasteiger partial charge in [-0.15, -0.1) is 0 Å². The van der Waals surface area contributed by atoms with Crippen LogP contribution in [0.3, 0.4) is 0 Å². The molecule has 0 spiro atoms. The molecule has 2 N–H and O–H groups in total. The third-order valence-corrected chi connectivity index (χ3v) is 6.53. The maximum absolute atomic E-state index is 13.2. The van der Waals surface area contributed by atoms with Gasteiger partial charge in [-0.3, -0.25) is 9.47 Å². The molecule has 1 amide bonds. The Kier molecular flexibility index (Phi) is 5.37. The number of benzene rings is 2. The molecule has 0 radical (unpaired) electrons. The highest BCUT2D eigenvalue weighted by atomic mass is 79.9. The minimum Gasteiger partial charge on any atom is -0.497 e. The number of halogens is 1. The zero-order valence-electron chi connectivity index (χ0n) is 15.5. The van der Waals surface area contributed by atoms with Gasteiger partial charge in [0.15, 0.2) is 0 Å². The molecule has 0 unspecified atom stereocenters. The van der Waals surface area contributed by atoms with Gasteiger partial charge in [0.1, 0.15) is 11.0 Å². The number of amides is 1. The smallest absolute Gasteiger partial charge is 0.240 e. The normalized spacial score (nSPS) is 18.1. The molecule has 0 bridgehead atoms. The number of carbonyl (C=O) groups excluding carboxylic acids is 1. The SMILES string of the molecule is COc1ccc([C@H]2Nn3c(C)ccc3S[C@@H]2C(=O)Nc2ccc(Br)cc2)cc1. The number of ether oxygens (including phenoxy) is 1. The molecule has 1 aliphatic rings. The molecule has 2 aromatic carbocycles. The van der Waals surface area contributed by atoms with Gasteiger partial charge in [0, 0.05) is 15.9 Å². The van der Waals surface area contributed by atoms with E-state index in [1.54, 1.807) is 18.9 Å². The van der Waals surface area contributed by atoms with Gasteiger partial charge in [-0.2, -0.15) is 0 Å². The predicted octanol–water partition coefficient (Wildman–Crippen LogP) is 4.97. The third-order valence-electron chi connectivity index (χ3n) is 4.70. The van der Waals surface area contributed by atoms with Crippen molar-refractivity contribution in [3.63, 3.8) is 0 Å². The van der Waals surface area contributed by atoms with E-state index in [-0.39, 0.29) is 17.2 Å². The number of hydrogen-bond acceptors (Lipinski definition) is 4. The molecular formula is C21H20BrN3O2S. The summed E-state index contributed by atoms with van der Waals surface area (Å²) >= 11 is 4.99. The van der Waals surface area contributed by atoms with Gasteiger partial charge in [-0.1, -0.05) is 39.8 Å². The van der Waals surface area contributed by atoms with Crippen molar-refractivity contribution in [1.29, 1.82) is 0 Å². The largest absolute Gasteiger partial charge is 0.497 e. The molecule has 144 valence electrons. The lowest BCUT2D eigenvalue weighted by atomic mass is 10.0. The van der Waals surface area contributed by atoms with Crippen molar-refractivity contribution >= 4 is 39.3 Å². The fraction of sp³-hybridized carbons (Fsp3) is 0.190. The van der Waals surface area contributed by atoms with Crippen LogP contribution >= 0.6 is 27.7 Å². The summed E-state index contributed by atoms with van der Waals surface area (Å²) in [5.74, 6) is 0.756. The van der Waals surface area contributed by atoms with Gasteiger partial charge in [0.05, 0.1) is 18.2 Å². The summed E-state index contributed by atoms with van der Waals surface area (Å²) in [4.78, 5) is 13.2. The van der Waals surface area contributed by atoms with Crippen LogP contribution in [0, 0.1) is 6.92 Å². The second-order valence-corrected chi connectivity index (χ2v) is 8.64. The van der Waals surface area contributed by atoms with Gasteiger partial charge in [0.2, 0.25) is 5.91 Å². The van der Waals surface area contributed by atoms with Crippen LogP contribution in [0.2, 0.25) is 0 Å². The van der Waals surface area contributed by atoms with Crippen LogP contribution in [-0.2, 0) is 4.79 Å². The Morgan fingerprint density at radius 3 is 2.50 bits per heavy atom. The molecule has 0 fully saturated rings. The number of hydrogen-bond donors (Lipinski definition) is 2. The summed E-state index contributed by atoms with van der Waals surface area (Å²) in [5.41, 5.74) is 6.42. The molecular weight excluding hydrogens is 438 g/mol. The Balaban J connectivity index is 1.64. The second-order valence-electron chi connectivity index (χ2n) is 6.56. The topological polar surface area (TPSA) is 55.3 Å². The Bertz CT molecular complexity index is 986. The van der Waals surface area contributed by atoms with Crippen LogP contribution in [0.4, 0.5) is 5.69 Å². The van der Waals surface area contributed by atoms with Crippen molar-refractivity contribution in [1.82, 2.24) is 4.68 Å². The molecule has 7 heteroatoms. The van der Waals surface area contributed by atoms with E-state index >= 15 is 0 Å². The van der Waals surface area contributed by atoms with E-state index in [1.165, 1.54) is 0 Å². The first-order valence-corrected chi connectivity index (χ1v) is 10.5. The van der Waals surface area contributed by atoms with Crippen molar-refractivity contribution in [3.05, 3.63) is 76.4 Å². The van der Waals surface area contributed by atoms with E-state index in [4.69, 9.17) is 4.74 Å². The van der Waals surface area contributed by atoms with Crippen LogP contribution in [0.1, 0.15) is 17.3 Å². The standard InChI is InChI=1S/C21H20BrN3O2S/c1-13-3-12-18-25(13)24-19(14-4-10-17(27-2)11-5-14)20(28-18)21(26)23-16-8-6-15(22)7-9-16/h3-12,19-20,24H,1-2H3,(H,23,26)/t19-,20+/m1/s1. The first kappa shape index (κ1) is 19.0. The molecule has 5 nitrogen and oxygen atoms in total. The first-order chi connectivity index (χ1) is 13.5. The van der Waals surface area contributed by atoms with E-state index in [0.29, 0.717) is 0 Å². The van der Waals surface area contributed by atoms with Gasteiger partial charge < -0.3 is 15.5 Å². The number of aryl methyl sites for hydroxylation is 1. The minimum atomic E-state index is -0.321. The molecule has 4 rings (SSSR count). The lowest BCUT2D eigenvalue weighted by Crippen LogP contribution is -2.41. The van der Waals surface area contributed by atoms with Crippen LogP contribution < -0.4 is 15.5 Å². The summed E-state index contributed by atoms with van der Waals surface area (Å²) in [6.45, 7) is 2.05. The number of aromatic nitrogens is 1. The van der Waals surface area contributed by atoms with Crippen molar-refractivity contribution in [2.45, 2.75) is 23.2 Å². The van der Waals surface area contributed by atoms with E-state index in [0.717, 1.165) is 32.2 Å². The average molecular weight is 458 g/mol. The lowest BCUT2D eigenvalue weighted by Gasteiger charge is -2.34. The fourth-order valence-corrected chi connectivity index (χ4v) is 4.68. The summed E-state index contributed by atoms with van der Waals surface area (Å²) in [6.07, 6.45) is 0. The van der Waals surface area contributed by atoms with Crippen molar-refractivity contribution in [2.24, 2.45) is 0 Å². The Morgan fingerprint density at radius 2 is 1.82 bits per heavy atom. The predicted molar refractivity (Wildman–Crippen MR) is 117 cm³/mol. The summed E-state index contributed by atoms with van der Waals surface area (Å²) in [5, 5.41) is 3.75. The summed E-state index contributed by atoms with van der Waals surface area (Å²) in [6, 6.07) is 19.4. The van der Waals surface area contributed by atoms with Crippen LogP contribution in [0.25, 0.3) is 0 Å². The van der Waals surface area contributed by atoms with Crippen LogP contribution in [-0.4, -0.2) is 22.9 Å². The van der Waals surface area contributed by atoms with Gasteiger partial charge in [-0.05, 0) is 61.0 Å². The zero-order valence-corrected chi connectivity index (χ0v) is 17.9. The average Bonchev–Trinajstić information content (AvgIpc) is 3.09. The maximum atomic E-state index is 13.2. The number of nitrogens with one attached hydrogen (secondary N) is 2. The summed E-state index contributed by atoms with van der Waals surface area (Å²) < 4.78 is 8.29. The first-order valence-electron chi connectivity index (χ1n) is 8.87. The Hall–Kier alpha value is -2.38. The van der Waals surface area contributed by atoms with Crippen molar-refractivity contribution in [3.8, 4) is 5.75 Å². The number of anilines is 1. The minimum absolute atomic E-state index is 0.0363. The van der Waals surface area contributed by atoms with E-state index < -0.39 is 0 Å². The van der Waals surface area contributed by atoms with E-state index in [1.807, 2.05) is 66.2 Å². The highest BCUT2D eigenvalue weighted by Crippen LogP contribution is 2.39. The van der Waals surface area contributed by atoms with Gasteiger partial charge >= 0.3 is 0 Å². The second kappa shape index (κ2) is 7.93. The highest BCUT2D eigenvalue weighted by molar-refractivity contribution is 9.10. The number of nitrogens with zero attached hydrogens (tertiary/aromatic N) is 1. The van der Waals surface area contributed by atoms with E-state index in [2.05, 4.69) is 32.7 Å². The van der Waals surface area contributed by atoms with Crippen molar-refractivity contribution in [2.75, 3.05) is 17.9 Å². The Labute approximate surface area is 176 Å². The van der Waals surface area contributed by atoms with Gasteiger partial charge in [0.25, 0.3) is 0 Å². The molecule has 3 aromatic rings. The molecule has 1 aliphatic heterocycles. The molecule has 2 heterocycles. The third kappa shape index (κ3) is 3.77. The van der Waals surface area contributed by atoms with Crippen LogP contribution in [0.15, 0.2) is 70.2 Å². The fourth-order valence-electron chi connectivity index (χ4n) is 3.19. The number of rotatable bonds is 4.